The van der Waals surface area contributed by atoms with E-state index >= 15 is 0 Å². The number of alkyl halides is 3. The maximum atomic E-state index is 13.5. The van der Waals surface area contributed by atoms with E-state index in [2.05, 4.69) is 5.32 Å². The van der Waals surface area contributed by atoms with Gasteiger partial charge in [0.2, 0.25) is 11.8 Å². The number of hydrogen-bond acceptors (Lipinski definition) is 7. The van der Waals surface area contributed by atoms with E-state index < -0.39 is 69.0 Å². The molecule has 1 saturated heterocycles. The number of nitrogens with zero attached hydrogens (tertiary/aromatic N) is 1. The Morgan fingerprint density at radius 1 is 1.16 bits per heavy atom. The first kappa shape index (κ1) is 36.6. The molecule has 9 nitrogen and oxygen atoms in total. The smallest absolute Gasteiger partial charge is 0.416 e. The number of nitrogens with one attached hydrogen (secondary N) is 1. The molecular weight excluding hydrogens is 634 g/mol. The number of likely N-dealkylation sites (tertiary alicyclic amines) is 1. The highest BCUT2D eigenvalue weighted by Gasteiger charge is 2.49. The Morgan fingerprint density at radius 3 is 2.33 bits per heavy atom. The van der Waals surface area contributed by atoms with Gasteiger partial charge in [0.1, 0.15) is 11.8 Å². The average Bonchev–Trinajstić information content (AvgIpc) is 3.37. The zero-order chi connectivity index (χ0) is 31.4. The van der Waals surface area contributed by atoms with Crippen LogP contribution in [0.25, 0.3) is 0 Å². The zero-order valence-corrected chi connectivity index (χ0v) is 26.1. The van der Waals surface area contributed by atoms with E-state index in [0.717, 1.165) is 4.90 Å². The number of hydrogen-bond donors (Lipinski definition) is 3. The van der Waals surface area contributed by atoms with Gasteiger partial charge in [0.05, 0.1) is 30.2 Å². The van der Waals surface area contributed by atoms with Crippen molar-refractivity contribution < 1.29 is 41.0 Å². The molecule has 1 aliphatic heterocycles. The molecule has 1 aliphatic rings. The van der Waals surface area contributed by atoms with Crippen LogP contribution in [0.4, 0.5) is 13.2 Å². The third-order valence-corrected chi connectivity index (χ3v) is 9.58. The van der Waals surface area contributed by atoms with Crippen LogP contribution in [0.1, 0.15) is 31.4 Å². The van der Waals surface area contributed by atoms with Crippen LogP contribution in [0.5, 0.6) is 5.75 Å². The Morgan fingerprint density at radius 2 is 1.79 bits per heavy atom. The molecule has 5 atom stereocenters. The van der Waals surface area contributed by atoms with E-state index in [4.69, 9.17) is 22.1 Å². The maximum absolute atomic E-state index is 13.5. The highest BCUT2D eigenvalue weighted by atomic mass is 35.5. The lowest BCUT2D eigenvalue weighted by Gasteiger charge is -2.32. The van der Waals surface area contributed by atoms with Gasteiger partial charge in [-0.15, -0.1) is 12.4 Å². The van der Waals surface area contributed by atoms with Gasteiger partial charge in [0.25, 0.3) is 0 Å². The number of carbonyl (C=O) groups is 2. The molecule has 2 amide bonds. The van der Waals surface area contributed by atoms with Crippen LogP contribution in [-0.2, 0) is 31.6 Å². The molecule has 4 N–H and O–H groups in total. The lowest BCUT2D eigenvalue weighted by atomic mass is 9.97. The summed E-state index contributed by atoms with van der Waals surface area (Å²) in [6.45, 7) is 2.40. The molecule has 15 heteroatoms. The summed E-state index contributed by atoms with van der Waals surface area (Å²) in [7, 11) is -2.47. The fourth-order valence-corrected chi connectivity index (χ4v) is 6.88. The van der Waals surface area contributed by atoms with Crippen LogP contribution in [0.3, 0.4) is 0 Å². The van der Waals surface area contributed by atoms with Gasteiger partial charge < -0.3 is 25.8 Å². The standard InChI is InChI=1S/C28H35ClF3N3O6S.ClH/c1-16(2)24(25(36)28(30,31)32)34-26(37)23-13-21(42(39,40)15-17-7-9-20(41-3)10-8-17)14-35(23)27(38)22(33)12-18-5-4-6-19(29)11-18;/h4-11,16,21-25,36H,12-15,33H2,1-3H3,(H,34,37);1H/t21-,22?,23+,24?,25?;/m1./s1. The molecule has 3 rings (SSSR count). The molecule has 0 spiro atoms. The molecule has 2 aromatic carbocycles. The number of carbonyl (C=O) groups excluding carboxylic acids is 2. The van der Waals surface area contributed by atoms with Gasteiger partial charge in [-0.3, -0.25) is 9.59 Å². The van der Waals surface area contributed by atoms with Gasteiger partial charge >= 0.3 is 6.18 Å². The quantitative estimate of drug-likeness (QED) is 0.334. The average molecular weight is 671 g/mol. The second-order valence-electron chi connectivity index (χ2n) is 10.7. The number of ether oxygens (including phenoxy) is 1. The van der Waals surface area contributed by atoms with E-state index in [9.17, 15) is 36.3 Å². The molecule has 43 heavy (non-hydrogen) atoms. The van der Waals surface area contributed by atoms with E-state index in [0.29, 0.717) is 21.9 Å². The zero-order valence-electron chi connectivity index (χ0n) is 23.8. The molecule has 0 aliphatic carbocycles. The van der Waals surface area contributed by atoms with Crippen molar-refractivity contribution in [2.45, 2.75) is 68.1 Å². The Labute approximate surface area is 260 Å². The second-order valence-corrected chi connectivity index (χ2v) is 13.4. The largest absolute Gasteiger partial charge is 0.497 e. The van der Waals surface area contributed by atoms with Crippen molar-refractivity contribution in [2.24, 2.45) is 11.7 Å². The fourth-order valence-electron chi connectivity index (χ4n) is 4.91. The Balaban J connectivity index is 0.00000645. The van der Waals surface area contributed by atoms with Crippen LogP contribution in [0, 0.1) is 5.92 Å². The summed E-state index contributed by atoms with van der Waals surface area (Å²) >= 11 is 6.02. The summed E-state index contributed by atoms with van der Waals surface area (Å²) < 4.78 is 71.9. The molecule has 1 fully saturated rings. The van der Waals surface area contributed by atoms with E-state index in [-0.39, 0.29) is 31.8 Å². The topological polar surface area (TPSA) is 139 Å². The summed E-state index contributed by atoms with van der Waals surface area (Å²) in [6, 6.07) is 8.59. The minimum absolute atomic E-state index is 0. The first-order valence-electron chi connectivity index (χ1n) is 13.2. The second kappa shape index (κ2) is 14.9. The molecule has 0 bridgehead atoms. The SMILES string of the molecule is COc1ccc(CS(=O)(=O)[C@@H]2C[C@@H](C(=O)NC(C(C)C)C(O)C(F)(F)F)N(C(=O)C(N)Cc3cccc(Cl)c3)C2)cc1.Cl. The lowest BCUT2D eigenvalue weighted by Crippen LogP contribution is -2.58. The first-order valence-corrected chi connectivity index (χ1v) is 15.3. The van der Waals surface area contributed by atoms with Crippen LogP contribution in [0.15, 0.2) is 48.5 Å². The Hall–Kier alpha value is -2.58. The highest BCUT2D eigenvalue weighted by Crippen LogP contribution is 2.30. The molecule has 2 aromatic rings. The predicted molar refractivity (Wildman–Crippen MR) is 159 cm³/mol. The Kier molecular flexibility index (Phi) is 12.7. The third-order valence-electron chi connectivity index (χ3n) is 7.25. The van der Waals surface area contributed by atoms with Gasteiger partial charge in [-0.05, 0) is 54.2 Å². The van der Waals surface area contributed by atoms with Gasteiger partial charge in [-0.2, -0.15) is 13.2 Å². The van der Waals surface area contributed by atoms with E-state index in [1.54, 1.807) is 48.5 Å². The summed E-state index contributed by atoms with van der Waals surface area (Å²) in [5.41, 5.74) is 7.26. The molecule has 0 saturated carbocycles. The molecule has 1 heterocycles. The molecule has 3 unspecified atom stereocenters. The number of rotatable bonds is 11. The number of benzene rings is 2. The van der Waals surface area contributed by atoms with Crippen molar-refractivity contribution in [2.75, 3.05) is 13.7 Å². The lowest BCUT2D eigenvalue weighted by molar-refractivity contribution is -0.215. The molecule has 240 valence electrons. The summed E-state index contributed by atoms with van der Waals surface area (Å²) in [5.74, 6) is -2.46. The number of aliphatic hydroxyl groups is 1. The number of nitrogens with two attached hydrogens (primary N) is 1. The summed E-state index contributed by atoms with van der Waals surface area (Å²) in [5, 5.41) is 11.3. The highest BCUT2D eigenvalue weighted by molar-refractivity contribution is 7.91. The van der Waals surface area contributed by atoms with Gasteiger partial charge in [-0.1, -0.05) is 49.7 Å². The Bertz CT molecular complexity index is 1360. The van der Waals surface area contributed by atoms with Crippen molar-refractivity contribution in [3.8, 4) is 5.75 Å². The van der Waals surface area contributed by atoms with Crippen LogP contribution in [0.2, 0.25) is 5.02 Å². The van der Waals surface area contributed by atoms with Crippen molar-refractivity contribution in [3.63, 3.8) is 0 Å². The van der Waals surface area contributed by atoms with Crippen molar-refractivity contribution >= 4 is 45.7 Å². The number of halogens is 5. The number of sulfone groups is 1. The van der Waals surface area contributed by atoms with Crippen molar-refractivity contribution in [1.82, 2.24) is 10.2 Å². The number of methoxy groups -OCH3 is 1. The van der Waals surface area contributed by atoms with Crippen LogP contribution >= 0.6 is 24.0 Å². The van der Waals surface area contributed by atoms with Crippen LogP contribution in [-0.4, -0.2) is 79.5 Å². The third kappa shape index (κ3) is 9.45. The van der Waals surface area contributed by atoms with Gasteiger partial charge in [-0.25, -0.2) is 8.42 Å². The predicted octanol–water partition coefficient (Wildman–Crippen LogP) is 3.29. The van der Waals surface area contributed by atoms with Crippen LogP contribution < -0.4 is 15.8 Å². The first-order chi connectivity index (χ1) is 19.5. The van der Waals surface area contributed by atoms with E-state index in [1.165, 1.54) is 21.0 Å². The maximum Gasteiger partial charge on any atom is 0.416 e. The fraction of sp³-hybridized carbons (Fsp3) is 0.500. The minimum atomic E-state index is -5.02. The van der Waals surface area contributed by atoms with Gasteiger partial charge in [0, 0.05) is 11.6 Å². The van der Waals surface area contributed by atoms with E-state index in [1.807, 2.05) is 0 Å². The van der Waals surface area contributed by atoms with Crippen molar-refractivity contribution in [1.29, 1.82) is 0 Å². The molecular formula is C28H36Cl2F3N3O6S. The summed E-state index contributed by atoms with van der Waals surface area (Å²) in [4.78, 5) is 27.9. The minimum Gasteiger partial charge on any atom is -0.497 e. The summed E-state index contributed by atoms with van der Waals surface area (Å²) in [6.07, 6.45) is -8.22. The molecule has 0 aromatic heterocycles. The van der Waals surface area contributed by atoms with Crippen molar-refractivity contribution in [3.05, 3.63) is 64.7 Å². The molecule has 0 radical (unpaired) electrons. The van der Waals surface area contributed by atoms with Gasteiger partial charge in [0.15, 0.2) is 15.9 Å². The monoisotopic (exact) mass is 669 g/mol. The normalized spacial score (nSPS) is 19.3. The number of amides is 2. The number of aliphatic hydroxyl groups excluding tert-OH is 1.